The first kappa shape index (κ1) is 13.8. The van der Waals surface area contributed by atoms with Gasteiger partial charge in [0.2, 0.25) is 5.43 Å². The minimum atomic E-state index is -0.416. The number of morpholine rings is 1. The number of hydrogen-bond acceptors (Lipinski definition) is 5. The van der Waals surface area contributed by atoms with Gasteiger partial charge in [-0.1, -0.05) is 12.1 Å². The summed E-state index contributed by atoms with van der Waals surface area (Å²) in [4.78, 5) is 26.4. The van der Waals surface area contributed by atoms with Crippen LogP contribution in [0, 0.1) is 0 Å². The van der Waals surface area contributed by atoms with E-state index in [1.165, 1.54) is 6.26 Å². The fourth-order valence-corrected chi connectivity index (χ4v) is 2.27. The summed E-state index contributed by atoms with van der Waals surface area (Å²) in [6.45, 7) is 3.26. The second-order valence-electron chi connectivity index (χ2n) is 4.87. The van der Waals surface area contributed by atoms with Gasteiger partial charge in [-0.2, -0.15) is 0 Å². The van der Waals surface area contributed by atoms with Gasteiger partial charge in [-0.05, 0) is 12.1 Å². The molecule has 0 spiro atoms. The number of para-hydroxylation sites is 1. The number of nitrogens with one attached hydrogen (secondary N) is 1. The van der Waals surface area contributed by atoms with Gasteiger partial charge < -0.3 is 14.5 Å². The molecular weight excluding hydrogens is 272 g/mol. The second kappa shape index (κ2) is 6.07. The van der Waals surface area contributed by atoms with Gasteiger partial charge in [0.15, 0.2) is 0 Å². The van der Waals surface area contributed by atoms with E-state index in [-0.39, 0.29) is 11.0 Å². The van der Waals surface area contributed by atoms with Crippen LogP contribution in [0.3, 0.4) is 0 Å². The zero-order valence-electron chi connectivity index (χ0n) is 11.5. The maximum Gasteiger partial charge on any atom is 0.259 e. The molecule has 0 unspecified atom stereocenters. The quantitative estimate of drug-likeness (QED) is 0.905. The Labute approximate surface area is 121 Å². The summed E-state index contributed by atoms with van der Waals surface area (Å²) in [5.74, 6) is -0.416. The van der Waals surface area contributed by atoms with Gasteiger partial charge in [-0.3, -0.25) is 14.5 Å². The number of carbonyl (C=O) groups excluding carboxylic acids is 1. The van der Waals surface area contributed by atoms with Crippen LogP contribution < -0.4 is 10.7 Å². The highest BCUT2D eigenvalue weighted by Gasteiger charge is 2.16. The third-order valence-electron chi connectivity index (χ3n) is 3.49. The molecule has 1 aliphatic heterocycles. The molecule has 2 aromatic rings. The Kier molecular flexibility index (Phi) is 3.98. The van der Waals surface area contributed by atoms with Crippen LogP contribution in [-0.4, -0.2) is 43.8 Å². The molecular formula is C15H16N2O4. The lowest BCUT2D eigenvalue weighted by atomic mass is 10.1. The van der Waals surface area contributed by atoms with E-state index in [0.717, 1.165) is 13.1 Å². The van der Waals surface area contributed by atoms with Gasteiger partial charge >= 0.3 is 0 Å². The van der Waals surface area contributed by atoms with Gasteiger partial charge in [0, 0.05) is 13.1 Å². The van der Waals surface area contributed by atoms with Crippen LogP contribution in [0.5, 0.6) is 0 Å². The molecule has 0 atom stereocenters. The minimum Gasteiger partial charge on any atom is -0.463 e. The lowest BCUT2D eigenvalue weighted by Gasteiger charge is -2.26. The first-order chi connectivity index (χ1) is 10.3. The number of benzene rings is 1. The average molecular weight is 288 g/mol. The Bertz CT molecular complexity index is 704. The van der Waals surface area contributed by atoms with Crippen LogP contribution in [0.4, 0.5) is 0 Å². The zero-order valence-corrected chi connectivity index (χ0v) is 11.5. The number of nitrogens with zero attached hydrogens (tertiary/aromatic N) is 1. The fourth-order valence-electron chi connectivity index (χ4n) is 2.27. The summed E-state index contributed by atoms with van der Waals surface area (Å²) >= 11 is 0. The molecule has 6 nitrogen and oxygen atoms in total. The van der Waals surface area contributed by atoms with E-state index in [4.69, 9.17) is 9.15 Å². The summed E-state index contributed by atoms with van der Waals surface area (Å²) in [7, 11) is 0. The minimum absolute atomic E-state index is 0.0296. The SMILES string of the molecule is O=C(NCN1CCOCC1)c1coc2ccccc2c1=O. The monoisotopic (exact) mass is 288 g/mol. The highest BCUT2D eigenvalue weighted by molar-refractivity contribution is 5.96. The molecule has 1 aliphatic rings. The lowest BCUT2D eigenvalue weighted by molar-refractivity contribution is 0.0334. The van der Waals surface area contributed by atoms with Crippen molar-refractivity contribution in [3.63, 3.8) is 0 Å². The zero-order chi connectivity index (χ0) is 14.7. The molecule has 1 N–H and O–H groups in total. The topological polar surface area (TPSA) is 71.8 Å². The number of amides is 1. The van der Waals surface area contributed by atoms with E-state index in [1.54, 1.807) is 24.3 Å². The molecule has 3 rings (SSSR count). The maximum absolute atomic E-state index is 12.3. The largest absolute Gasteiger partial charge is 0.463 e. The van der Waals surface area contributed by atoms with Crippen LogP contribution in [0.15, 0.2) is 39.7 Å². The third kappa shape index (κ3) is 2.96. The van der Waals surface area contributed by atoms with Crippen molar-refractivity contribution in [2.45, 2.75) is 0 Å². The summed E-state index contributed by atoms with van der Waals surface area (Å²) in [5, 5.41) is 3.16. The first-order valence-electron chi connectivity index (χ1n) is 6.84. The van der Waals surface area contributed by atoms with Crippen LogP contribution in [0.1, 0.15) is 10.4 Å². The number of carbonyl (C=O) groups is 1. The van der Waals surface area contributed by atoms with Crippen molar-refractivity contribution in [3.8, 4) is 0 Å². The van der Waals surface area contributed by atoms with Crippen LogP contribution in [-0.2, 0) is 4.74 Å². The fraction of sp³-hybridized carbons (Fsp3) is 0.333. The van der Waals surface area contributed by atoms with Crippen molar-refractivity contribution >= 4 is 16.9 Å². The Morgan fingerprint density at radius 1 is 1.24 bits per heavy atom. The molecule has 1 saturated heterocycles. The number of fused-ring (bicyclic) bond motifs is 1. The van der Waals surface area contributed by atoms with Crippen molar-refractivity contribution < 1.29 is 13.9 Å². The Balaban J connectivity index is 1.75. The van der Waals surface area contributed by atoms with Crippen molar-refractivity contribution in [1.82, 2.24) is 10.2 Å². The van der Waals surface area contributed by atoms with Crippen LogP contribution >= 0.6 is 0 Å². The van der Waals surface area contributed by atoms with E-state index >= 15 is 0 Å². The maximum atomic E-state index is 12.3. The van der Waals surface area contributed by atoms with Gasteiger partial charge in [0.05, 0.1) is 25.3 Å². The third-order valence-corrected chi connectivity index (χ3v) is 3.49. The summed E-state index contributed by atoms with van der Waals surface area (Å²) in [6, 6.07) is 6.88. The molecule has 1 amide bonds. The molecule has 0 radical (unpaired) electrons. The normalized spacial score (nSPS) is 16.0. The van der Waals surface area contributed by atoms with Crippen LogP contribution in [0.2, 0.25) is 0 Å². The Morgan fingerprint density at radius 2 is 2.00 bits per heavy atom. The van der Waals surface area contributed by atoms with Crippen molar-refractivity contribution in [3.05, 3.63) is 46.3 Å². The van der Waals surface area contributed by atoms with Gasteiger partial charge in [-0.15, -0.1) is 0 Å². The van der Waals surface area contributed by atoms with E-state index in [2.05, 4.69) is 10.2 Å². The van der Waals surface area contributed by atoms with E-state index in [0.29, 0.717) is 30.9 Å². The molecule has 0 bridgehead atoms. The smallest absolute Gasteiger partial charge is 0.259 e. The standard InChI is InChI=1S/C15H16N2O4/c18-14-11-3-1-2-4-13(11)21-9-12(14)15(19)16-10-17-5-7-20-8-6-17/h1-4,9H,5-8,10H2,(H,16,19). The molecule has 0 aliphatic carbocycles. The van der Waals surface area contributed by atoms with Gasteiger partial charge in [0.1, 0.15) is 17.4 Å². The Hall–Kier alpha value is -2.18. The van der Waals surface area contributed by atoms with E-state index in [1.807, 2.05) is 0 Å². The summed E-state index contributed by atoms with van der Waals surface area (Å²) in [5.41, 5.74) is 0.200. The average Bonchev–Trinajstić information content (AvgIpc) is 2.54. The van der Waals surface area contributed by atoms with Crippen molar-refractivity contribution in [1.29, 1.82) is 0 Å². The number of ether oxygens (including phenoxy) is 1. The molecule has 2 heterocycles. The predicted molar refractivity (Wildman–Crippen MR) is 77.2 cm³/mol. The number of hydrogen-bond donors (Lipinski definition) is 1. The summed E-state index contributed by atoms with van der Waals surface area (Å²) in [6.07, 6.45) is 1.22. The molecule has 6 heteroatoms. The molecule has 0 saturated carbocycles. The number of rotatable bonds is 3. The van der Waals surface area contributed by atoms with Gasteiger partial charge in [0.25, 0.3) is 5.91 Å². The molecule has 110 valence electrons. The van der Waals surface area contributed by atoms with Gasteiger partial charge in [-0.25, -0.2) is 0 Å². The Morgan fingerprint density at radius 3 is 2.81 bits per heavy atom. The van der Waals surface area contributed by atoms with Crippen molar-refractivity contribution in [2.75, 3.05) is 33.0 Å². The van der Waals surface area contributed by atoms with Crippen molar-refractivity contribution in [2.24, 2.45) is 0 Å². The first-order valence-corrected chi connectivity index (χ1v) is 6.84. The lowest BCUT2D eigenvalue weighted by Crippen LogP contribution is -2.44. The van der Waals surface area contributed by atoms with E-state index < -0.39 is 5.91 Å². The summed E-state index contributed by atoms with van der Waals surface area (Å²) < 4.78 is 10.6. The second-order valence-corrected chi connectivity index (χ2v) is 4.87. The highest BCUT2D eigenvalue weighted by atomic mass is 16.5. The van der Waals surface area contributed by atoms with E-state index in [9.17, 15) is 9.59 Å². The molecule has 1 aromatic heterocycles. The molecule has 1 fully saturated rings. The molecule has 21 heavy (non-hydrogen) atoms. The predicted octanol–water partition coefficient (Wildman–Crippen LogP) is 0.812. The highest BCUT2D eigenvalue weighted by Crippen LogP contribution is 2.10. The van der Waals surface area contributed by atoms with Crippen LogP contribution in [0.25, 0.3) is 11.0 Å². The molecule has 1 aromatic carbocycles.